The van der Waals surface area contributed by atoms with Crippen LogP contribution in [0.4, 0.5) is 0 Å². The van der Waals surface area contributed by atoms with Gasteiger partial charge in [-0.25, -0.2) is 8.42 Å². The summed E-state index contributed by atoms with van der Waals surface area (Å²) in [5, 5.41) is 0. The fraction of sp³-hybridized carbons (Fsp3) is 0.619. The van der Waals surface area contributed by atoms with Gasteiger partial charge in [0, 0.05) is 32.1 Å². The summed E-state index contributed by atoms with van der Waals surface area (Å²) in [6, 6.07) is 7.05. The Morgan fingerprint density at radius 2 is 1.62 bits per heavy atom. The maximum Gasteiger partial charge on any atom is 0.243 e. The summed E-state index contributed by atoms with van der Waals surface area (Å²) in [7, 11) is -3.55. The highest BCUT2D eigenvalue weighted by molar-refractivity contribution is 7.89. The van der Waals surface area contributed by atoms with Crippen LogP contribution in [0.1, 0.15) is 51.0 Å². The van der Waals surface area contributed by atoms with E-state index >= 15 is 0 Å². The van der Waals surface area contributed by atoms with Crippen LogP contribution in [0.5, 0.6) is 0 Å². The van der Waals surface area contributed by atoms with E-state index in [2.05, 4.69) is 13.8 Å². The number of benzene rings is 1. The first-order valence-corrected chi connectivity index (χ1v) is 11.8. The maximum absolute atomic E-state index is 12.9. The van der Waals surface area contributed by atoms with Crippen LogP contribution in [-0.4, -0.2) is 55.6 Å². The van der Waals surface area contributed by atoms with Crippen LogP contribution in [0.2, 0.25) is 0 Å². The molecule has 2 amide bonds. The second kappa shape index (κ2) is 8.83. The molecule has 0 saturated carbocycles. The predicted molar refractivity (Wildman–Crippen MR) is 111 cm³/mol. The summed E-state index contributed by atoms with van der Waals surface area (Å²) in [4.78, 5) is 26.3. The normalized spacial score (nSPS) is 22.0. The van der Waals surface area contributed by atoms with Crippen molar-refractivity contribution in [2.45, 2.75) is 50.3 Å². The van der Waals surface area contributed by atoms with Crippen LogP contribution in [0, 0.1) is 11.8 Å². The van der Waals surface area contributed by atoms with E-state index in [9.17, 15) is 18.0 Å². The van der Waals surface area contributed by atoms with Crippen LogP contribution in [0.15, 0.2) is 29.2 Å². The molecule has 2 aliphatic rings. The number of nitrogens with zero attached hydrogens (tertiary/aromatic N) is 2. The molecule has 0 aromatic heterocycles. The topological polar surface area (TPSA) is 101 Å². The van der Waals surface area contributed by atoms with E-state index in [1.807, 2.05) is 12.1 Å². The number of likely N-dealkylation sites (tertiary alicyclic amines) is 1. The summed E-state index contributed by atoms with van der Waals surface area (Å²) >= 11 is 0. The van der Waals surface area contributed by atoms with Crippen LogP contribution in [0.3, 0.4) is 0 Å². The first-order chi connectivity index (χ1) is 13.7. The lowest BCUT2D eigenvalue weighted by molar-refractivity contribution is -0.139. The maximum atomic E-state index is 12.9. The van der Waals surface area contributed by atoms with Crippen molar-refractivity contribution in [2.75, 3.05) is 26.2 Å². The van der Waals surface area contributed by atoms with Crippen molar-refractivity contribution in [3.63, 3.8) is 0 Å². The van der Waals surface area contributed by atoms with Gasteiger partial charge in [0.2, 0.25) is 21.8 Å². The minimum atomic E-state index is -3.55. The smallest absolute Gasteiger partial charge is 0.243 e. The van der Waals surface area contributed by atoms with E-state index in [-0.39, 0.29) is 23.7 Å². The summed E-state index contributed by atoms with van der Waals surface area (Å²) in [6.07, 6.45) is 2.50. The fourth-order valence-corrected chi connectivity index (χ4v) is 5.65. The van der Waals surface area contributed by atoms with Crippen LogP contribution in [0.25, 0.3) is 0 Å². The lowest BCUT2D eigenvalue weighted by atomic mass is 9.92. The number of primary amides is 1. The number of piperidine rings is 2. The second-order valence-electron chi connectivity index (χ2n) is 8.43. The van der Waals surface area contributed by atoms with Gasteiger partial charge in [0.05, 0.1) is 10.8 Å². The zero-order chi connectivity index (χ0) is 21.2. The summed E-state index contributed by atoms with van der Waals surface area (Å²) in [5.74, 6) is -0.461. The molecule has 2 heterocycles. The zero-order valence-corrected chi connectivity index (χ0v) is 18.0. The summed E-state index contributed by atoms with van der Waals surface area (Å²) in [5.41, 5.74) is 6.51. The van der Waals surface area contributed by atoms with E-state index in [1.54, 1.807) is 17.0 Å². The lowest BCUT2D eigenvalue weighted by Crippen LogP contribution is -2.48. The van der Waals surface area contributed by atoms with E-state index in [0.29, 0.717) is 49.8 Å². The number of carbonyl (C=O) groups excluding carboxylic acids is 2. The highest BCUT2D eigenvalue weighted by Gasteiger charge is 2.35. The molecule has 8 heteroatoms. The number of nitrogens with two attached hydrogens (primary N) is 1. The Bertz CT molecular complexity index is 843. The van der Waals surface area contributed by atoms with E-state index < -0.39 is 10.0 Å². The van der Waals surface area contributed by atoms with Crippen molar-refractivity contribution in [1.82, 2.24) is 9.21 Å². The van der Waals surface area contributed by atoms with Crippen LogP contribution < -0.4 is 5.73 Å². The molecule has 1 atom stereocenters. The molecule has 1 aromatic carbocycles. The largest absolute Gasteiger partial charge is 0.369 e. The van der Waals surface area contributed by atoms with Crippen molar-refractivity contribution >= 4 is 21.8 Å². The van der Waals surface area contributed by atoms with Gasteiger partial charge in [-0.15, -0.1) is 0 Å². The Kier molecular flexibility index (Phi) is 6.63. The first kappa shape index (κ1) is 21.8. The Hall–Kier alpha value is -1.93. The minimum absolute atomic E-state index is 0.0225. The lowest BCUT2D eigenvalue weighted by Gasteiger charge is -2.36. The SMILES string of the molecule is CC(C)c1ccc(S(=O)(=O)N2CCC(C(=O)N3CCC[C@@H](C(N)=O)C3)CC2)cc1. The molecule has 1 aromatic rings. The number of carbonyl (C=O) groups is 2. The van der Waals surface area contributed by atoms with Gasteiger partial charge in [-0.05, 0) is 49.3 Å². The molecule has 0 bridgehead atoms. The molecule has 2 fully saturated rings. The number of hydrogen-bond donors (Lipinski definition) is 1. The summed E-state index contributed by atoms with van der Waals surface area (Å²) in [6.45, 7) is 5.83. The average molecular weight is 422 g/mol. The molecule has 29 heavy (non-hydrogen) atoms. The molecule has 2 saturated heterocycles. The van der Waals surface area contributed by atoms with Crippen molar-refractivity contribution in [1.29, 1.82) is 0 Å². The Morgan fingerprint density at radius 3 is 2.17 bits per heavy atom. The molecule has 2 N–H and O–H groups in total. The Morgan fingerprint density at radius 1 is 1.00 bits per heavy atom. The fourth-order valence-electron chi connectivity index (χ4n) is 4.18. The van der Waals surface area contributed by atoms with Crippen LogP contribution >= 0.6 is 0 Å². The van der Waals surface area contributed by atoms with E-state index in [1.165, 1.54) is 4.31 Å². The quantitative estimate of drug-likeness (QED) is 0.785. The molecule has 160 valence electrons. The highest BCUT2D eigenvalue weighted by atomic mass is 32.2. The monoisotopic (exact) mass is 421 g/mol. The van der Waals surface area contributed by atoms with Crippen molar-refractivity contribution in [3.8, 4) is 0 Å². The average Bonchev–Trinajstić information content (AvgIpc) is 2.73. The van der Waals surface area contributed by atoms with Crippen molar-refractivity contribution in [3.05, 3.63) is 29.8 Å². The third kappa shape index (κ3) is 4.80. The summed E-state index contributed by atoms with van der Waals surface area (Å²) < 4.78 is 27.4. The molecular formula is C21H31N3O4S. The molecular weight excluding hydrogens is 390 g/mol. The zero-order valence-electron chi connectivity index (χ0n) is 17.2. The molecule has 3 rings (SSSR count). The van der Waals surface area contributed by atoms with Gasteiger partial charge in [0.25, 0.3) is 0 Å². The third-order valence-electron chi connectivity index (χ3n) is 6.12. The Balaban J connectivity index is 1.60. The standard InChI is InChI=1S/C21H31N3O4S/c1-15(2)16-5-7-19(8-6-16)29(27,28)24-12-9-17(10-13-24)21(26)23-11-3-4-18(14-23)20(22)25/h5-8,15,17-18H,3-4,9-14H2,1-2H3,(H2,22,25)/t18-/m1/s1. The molecule has 0 spiro atoms. The van der Waals surface area contributed by atoms with Gasteiger partial charge >= 0.3 is 0 Å². The Labute approximate surface area is 173 Å². The van der Waals surface area contributed by atoms with E-state index in [0.717, 1.165) is 18.4 Å². The van der Waals surface area contributed by atoms with Gasteiger partial charge in [0.15, 0.2) is 0 Å². The molecule has 0 aliphatic carbocycles. The number of hydrogen-bond acceptors (Lipinski definition) is 4. The van der Waals surface area contributed by atoms with Crippen LogP contribution in [-0.2, 0) is 19.6 Å². The number of sulfonamides is 1. The molecule has 7 nitrogen and oxygen atoms in total. The first-order valence-electron chi connectivity index (χ1n) is 10.4. The van der Waals surface area contributed by atoms with Crippen molar-refractivity contribution in [2.24, 2.45) is 17.6 Å². The van der Waals surface area contributed by atoms with Gasteiger partial charge in [-0.1, -0.05) is 26.0 Å². The van der Waals surface area contributed by atoms with Crippen molar-refractivity contribution < 1.29 is 18.0 Å². The number of rotatable bonds is 5. The van der Waals surface area contributed by atoms with Gasteiger partial charge in [-0.2, -0.15) is 4.31 Å². The molecule has 2 aliphatic heterocycles. The predicted octanol–water partition coefficient (Wildman–Crippen LogP) is 1.93. The van der Waals surface area contributed by atoms with E-state index in [4.69, 9.17) is 5.73 Å². The van der Waals surface area contributed by atoms with Gasteiger partial charge in [-0.3, -0.25) is 9.59 Å². The second-order valence-corrected chi connectivity index (χ2v) is 10.4. The number of amides is 2. The third-order valence-corrected chi connectivity index (χ3v) is 8.04. The highest BCUT2D eigenvalue weighted by Crippen LogP contribution is 2.27. The molecule has 0 unspecified atom stereocenters. The molecule has 0 radical (unpaired) electrons. The van der Waals surface area contributed by atoms with Gasteiger partial charge < -0.3 is 10.6 Å². The minimum Gasteiger partial charge on any atom is -0.369 e. The van der Waals surface area contributed by atoms with Gasteiger partial charge in [0.1, 0.15) is 0 Å².